The van der Waals surface area contributed by atoms with Gasteiger partial charge in [0.25, 0.3) is 0 Å². The summed E-state index contributed by atoms with van der Waals surface area (Å²) < 4.78 is 10.6. The Kier molecular flexibility index (Phi) is 9.78. The average Bonchev–Trinajstić information content (AvgIpc) is 3.57. The lowest BCUT2D eigenvalue weighted by atomic mass is 10.1. The Morgan fingerprint density at radius 1 is 1.21 bits per heavy atom. The quantitative estimate of drug-likeness (QED) is 0.279. The van der Waals surface area contributed by atoms with E-state index >= 15 is 0 Å². The smallest absolute Gasteiger partial charge is 0.191 e. The highest BCUT2D eigenvalue weighted by Crippen LogP contribution is 2.30. The van der Waals surface area contributed by atoms with Crippen LogP contribution in [0.5, 0.6) is 11.5 Å². The first kappa shape index (κ1) is 24.0. The second-order valence-electron chi connectivity index (χ2n) is 7.53. The molecule has 1 aromatic carbocycles. The molecule has 0 aromatic heterocycles. The first-order valence-electron chi connectivity index (χ1n) is 10.3. The molecule has 3 rings (SSSR count). The van der Waals surface area contributed by atoms with Crippen LogP contribution in [0, 0.1) is 0 Å². The standard InChI is InChI=1S/C21H34N4O3.HI/c1-4-22-21(24-15-9-11-25(12-10-15)16-5-6-16)23-14-19(26)18-13-17(27-2)7-8-20(18)28-3;/h7-8,13,15-16,19,26H,4-6,9-12,14H2,1-3H3,(H2,22,23,24);1H. The Balaban J connectivity index is 0.00000300. The molecule has 3 N–H and O–H groups in total. The fourth-order valence-electron chi connectivity index (χ4n) is 3.74. The maximum absolute atomic E-state index is 10.7. The fourth-order valence-corrected chi connectivity index (χ4v) is 3.74. The van der Waals surface area contributed by atoms with Crippen LogP contribution in [0.2, 0.25) is 0 Å². The van der Waals surface area contributed by atoms with Crippen LogP contribution in [0.4, 0.5) is 0 Å². The summed E-state index contributed by atoms with van der Waals surface area (Å²) >= 11 is 0. The largest absolute Gasteiger partial charge is 0.497 e. The molecule has 2 fully saturated rings. The predicted octanol–water partition coefficient (Wildman–Crippen LogP) is 2.54. The van der Waals surface area contributed by atoms with E-state index in [1.54, 1.807) is 26.4 Å². The Morgan fingerprint density at radius 3 is 2.52 bits per heavy atom. The van der Waals surface area contributed by atoms with Gasteiger partial charge in [0.05, 0.1) is 20.8 Å². The normalized spacial score (nSPS) is 19.2. The Labute approximate surface area is 191 Å². The summed E-state index contributed by atoms with van der Waals surface area (Å²) in [7, 11) is 3.21. The van der Waals surface area contributed by atoms with Gasteiger partial charge in [-0.05, 0) is 50.8 Å². The molecule has 164 valence electrons. The Bertz CT molecular complexity index is 661. The number of benzene rings is 1. The number of hydrogen-bond acceptors (Lipinski definition) is 5. The van der Waals surface area contributed by atoms with Crippen molar-refractivity contribution < 1.29 is 14.6 Å². The minimum atomic E-state index is -0.766. The average molecular weight is 518 g/mol. The minimum Gasteiger partial charge on any atom is -0.497 e. The molecule has 8 heteroatoms. The molecule has 1 unspecified atom stereocenters. The van der Waals surface area contributed by atoms with Gasteiger partial charge < -0.3 is 30.1 Å². The van der Waals surface area contributed by atoms with Crippen LogP contribution in [0.25, 0.3) is 0 Å². The van der Waals surface area contributed by atoms with Crippen LogP contribution in [0.1, 0.15) is 44.3 Å². The number of likely N-dealkylation sites (tertiary alicyclic amines) is 1. The number of piperidine rings is 1. The lowest BCUT2D eigenvalue weighted by molar-refractivity contribution is 0.181. The molecule has 0 spiro atoms. The number of ether oxygens (including phenoxy) is 2. The van der Waals surface area contributed by atoms with Gasteiger partial charge in [-0.1, -0.05) is 0 Å². The SMILES string of the molecule is CCNC(=NCC(O)c1cc(OC)ccc1OC)NC1CCN(C2CC2)CC1.I. The van der Waals surface area contributed by atoms with Gasteiger partial charge in [0.1, 0.15) is 17.6 Å². The molecule has 2 aliphatic rings. The van der Waals surface area contributed by atoms with Gasteiger partial charge in [0.2, 0.25) is 0 Å². The number of nitrogens with one attached hydrogen (secondary N) is 2. The van der Waals surface area contributed by atoms with Crippen LogP contribution in [0.3, 0.4) is 0 Å². The summed E-state index contributed by atoms with van der Waals surface area (Å²) in [5, 5.41) is 17.5. The van der Waals surface area contributed by atoms with Gasteiger partial charge in [-0.2, -0.15) is 0 Å². The van der Waals surface area contributed by atoms with E-state index in [0.29, 0.717) is 23.1 Å². The van der Waals surface area contributed by atoms with E-state index in [2.05, 4.69) is 27.4 Å². The second-order valence-corrected chi connectivity index (χ2v) is 7.53. The summed E-state index contributed by atoms with van der Waals surface area (Å²) in [5.41, 5.74) is 0.680. The van der Waals surface area contributed by atoms with Crippen molar-refractivity contribution in [2.75, 3.05) is 40.4 Å². The fraction of sp³-hybridized carbons (Fsp3) is 0.667. The lowest BCUT2D eigenvalue weighted by Crippen LogP contribution is -2.49. The zero-order valence-corrected chi connectivity index (χ0v) is 20.0. The Morgan fingerprint density at radius 2 is 1.93 bits per heavy atom. The summed E-state index contributed by atoms with van der Waals surface area (Å²) in [6, 6.07) is 6.69. The third kappa shape index (κ3) is 6.89. The molecule has 1 aliphatic carbocycles. The van der Waals surface area contributed by atoms with Crippen LogP contribution < -0.4 is 20.1 Å². The second kappa shape index (κ2) is 11.8. The van der Waals surface area contributed by atoms with Gasteiger partial charge >= 0.3 is 0 Å². The first-order valence-corrected chi connectivity index (χ1v) is 10.3. The molecule has 1 saturated heterocycles. The number of rotatable bonds is 8. The third-order valence-corrected chi connectivity index (χ3v) is 5.50. The number of guanidine groups is 1. The monoisotopic (exact) mass is 518 g/mol. The van der Waals surface area contributed by atoms with Crippen molar-refractivity contribution in [3.05, 3.63) is 23.8 Å². The van der Waals surface area contributed by atoms with E-state index in [4.69, 9.17) is 9.47 Å². The molecule has 1 heterocycles. The number of aliphatic hydroxyl groups excluding tert-OH is 1. The van der Waals surface area contributed by atoms with Crippen molar-refractivity contribution in [3.63, 3.8) is 0 Å². The lowest BCUT2D eigenvalue weighted by Gasteiger charge is -2.33. The predicted molar refractivity (Wildman–Crippen MR) is 127 cm³/mol. The summed E-state index contributed by atoms with van der Waals surface area (Å²) in [4.78, 5) is 7.23. The van der Waals surface area contributed by atoms with Crippen molar-refractivity contribution in [1.29, 1.82) is 0 Å². The number of nitrogens with zero attached hydrogens (tertiary/aromatic N) is 2. The molecule has 0 radical (unpaired) electrons. The van der Waals surface area contributed by atoms with Gasteiger partial charge in [0, 0.05) is 37.3 Å². The summed E-state index contributed by atoms with van der Waals surface area (Å²) in [5.74, 6) is 2.08. The van der Waals surface area contributed by atoms with E-state index in [1.807, 2.05) is 6.07 Å². The van der Waals surface area contributed by atoms with Crippen molar-refractivity contribution >= 4 is 29.9 Å². The van der Waals surface area contributed by atoms with Crippen molar-refractivity contribution in [3.8, 4) is 11.5 Å². The molecule has 1 aliphatic heterocycles. The molecule has 1 saturated carbocycles. The van der Waals surface area contributed by atoms with Crippen LogP contribution in [-0.4, -0.2) is 68.4 Å². The molecule has 1 aromatic rings. The molecular formula is C21H35IN4O3. The zero-order valence-electron chi connectivity index (χ0n) is 17.7. The highest BCUT2D eigenvalue weighted by molar-refractivity contribution is 14.0. The van der Waals surface area contributed by atoms with Crippen molar-refractivity contribution in [2.45, 2.75) is 50.8 Å². The highest BCUT2D eigenvalue weighted by Gasteiger charge is 2.31. The molecule has 0 amide bonds. The summed E-state index contributed by atoms with van der Waals surface area (Å²) in [6.07, 6.45) is 4.24. The minimum absolute atomic E-state index is 0. The van der Waals surface area contributed by atoms with Gasteiger partial charge in [0.15, 0.2) is 5.96 Å². The van der Waals surface area contributed by atoms with E-state index in [9.17, 15) is 5.11 Å². The highest BCUT2D eigenvalue weighted by atomic mass is 127. The van der Waals surface area contributed by atoms with Crippen LogP contribution in [0.15, 0.2) is 23.2 Å². The Hall–Kier alpha value is -1.26. The van der Waals surface area contributed by atoms with E-state index in [-0.39, 0.29) is 30.5 Å². The van der Waals surface area contributed by atoms with Crippen molar-refractivity contribution in [2.24, 2.45) is 4.99 Å². The number of hydrogen-bond donors (Lipinski definition) is 3. The molecule has 0 bridgehead atoms. The van der Waals surface area contributed by atoms with E-state index in [0.717, 1.165) is 44.5 Å². The van der Waals surface area contributed by atoms with Gasteiger partial charge in [-0.15, -0.1) is 24.0 Å². The first-order chi connectivity index (χ1) is 13.6. The molecule has 7 nitrogen and oxygen atoms in total. The topological polar surface area (TPSA) is 78.4 Å². The number of aliphatic hydroxyl groups is 1. The molecule has 1 atom stereocenters. The maximum Gasteiger partial charge on any atom is 0.191 e. The van der Waals surface area contributed by atoms with Crippen LogP contribution in [-0.2, 0) is 0 Å². The van der Waals surface area contributed by atoms with E-state index in [1.165, 1.54) is 12.8 Å². The number of aliphatic imine (C=N–C) groups is 1. The van der Waals surface area contributed by atoms with Gasteiger partial charge in [-0.3, -0.25) is 4.99 Å². The third-order valence-electron chi connectivity index (χ3n) is 5.50. The summed E-state index contributed by atoms with van der Waals surface area (Å²) in [6.45, 7) is 5.40. The van der Waals surface area contributed by atoms with Gasteiger partial charge in [-0.25, -0.2) is 0 Å². The number of methoxy groups -OCH3 is 2. The molecular weight excluding hydrogens is 483 g/mol. The van der Waals surface area contributed by atoms with Crippen LogP contribution >= 0.6 is 24.0 Å². The number of halogens is 1. The van der Waals surface area contributed by atoms with E-state index < -0.39 is 6.10 Å². The molecule has 29 heavy (non-hydrogen) atoms. The maximum atomic E-state index is 10.7. The zero-order chi connectivity index (χ0) is 19.9. The van der Waals surface area contributed by atoms with Crippen molar-refractivity contribution in [1.82, 2.24) is 15.5 Å².